The Bertz CT molecular complexity index is 249. The van der Waals surface area contributed by atoms with Gasteiger partial charge >= 0.3 is 0 Å². The summed E-state index contributed by atoms with van der Waals surface area (Å²) in [7, 11) is 2.25. The van der Waals surface area contributed by atoms with Crippen LogP contribution in [0.15, 0.2) is 0 Å². The molecule has 3 unspecified atom stereocenters. The molecule has 2 aliphatic carbocycles. The highest BCUT2D eigenvalue weighted by Gasteiger charge is 2.34. The van der Waals surface area contributed by atoms with Crippen LogP contribution < -0.4 is 5.32 Å². The third kappa shape index (κ3) is 3.23. The molecule has 3 rings (SSSR count). The standard InChI is InChI=1S/C15H28N2/c1-17-8-7-12(11-17)10-16-15-4-2-3-14(9-15)13-5-6-13/h12-16H,2-11H2,1H3. The van der Waals surface area contributed by atoms with Crippen molar-refractivity contribution < 1.29 is 0 Å². The van der Waals surface area contributed by atoms with Gasteiger partial charge in [0, 0.05) is 12.6 Å². The second-order valence-corrected chi connectivity index (χ2v) is 6.79. The molecule has 3 atom stereocenters. The number of likely N-dealkylation sites (tertiary alicyclic amines) is 1. The van der Waals surface area contributed by atoms with Crippen molar-refractivity contribution in [2.24, 2.45) is 17.8 Å². The zero-order valence-electron chi connectivity index (χ0n) is 11.3. The lowest BCUT2D eigenvalue weighted by Gasteiger charge is -2.30. The molecule has 2 heteroatoms. The van der Waals surface area contributed by atoms with Crippen LogP contribution in [0.4, 0.5) is 0 Å². The molecule has 3 fully saturated rings. The molecule has 1 heterocycles. The molecule has 0 radical (unpaired) electrons. The lowest BCUT2D eigenvalue weighted by molar-refractivity contribution is 0.253. The molecule has 2 nitrogen and oxygen atoms in total. The van der Waals surface area contributed by atoms with Crippen molar-refractivity contribution in [2.75, 3.05) is 26.7 Å². The smallest absolute Gasteiger partial charge is 0.00699 e. The van der Waals surface area contributed by atoms with E-state index in [0.717, 1.165) is 23.8 Å². The van der Waals surface area contributed by atoms with Gasteiger partial charge in [0.25, 0.3) is 0 Å². The maximum absolute atomic E-state index is 3.87. The van der Waals surface area contributed by atoms with E-state index in [1.54, 1.807) is 0 Å². The molecule has 2 saturated carbocycles. The van der Waals surface area contributed by atoms with E-state index in [1.807, 2.05) is 0 Å². The zero-order chi connectivity index (χ0) is 11.7. The fourth-order valence-corrected chi connectivity index (χ4v) is 3.94. The first-order valence-electron chi connectivity index (χ1n) is 7.73. The van der Waals surface area contributed by atoms with Crippen LogP contribution in [0.3, 0.4) is 0 Å². The van der Waals surface area contributed by atoms with Crippen molar-refractivity contribution in [3.63, 3.8) is 0 Å². The summed E-state index contributed by atoms with van der Waals surface area (Å²) in [6.45, 7) is 3.89. The van der Waals surface area contributed by atoms with E-state index < -0.39 is 0 Å². The quantitative estimate of drug-likeness (QED) is 0.807. The third-order valence-electron chi connectivity index (χ3n) is 5.19. The summed E-state index contributed by atoms with van der Waals surface area (Å²) in [5.74, 6) is 3.12. The van der Waals surface area contributed by atoms with Crippen molar-refractivity contribution in [3.05, 3.63) is 0 Å². The Labute approximate surface area is 106 Å². The molecule has 0 spiro atoms. The van der Waals surface area contributed by atoms with Crippen molar-refractivity contribution >= 4 is 0 Å². The van der Waals surface area contributed by atoms with Crippen LogP contribution >= 0.6 is 0 Å². The molecule has 0 bridgehead atoms. The summed E-state index contributed by atoms with van der Waals surface area (Å²) in [5.41, 5.74) is 0. The lowest BCUT2D eigenvalue weighted by atomic mass is 9.82. The number of hydrogen-bond acceptors (Lipinski definition) is 2. The van der Waals surface area contributed by atoms with Crippen LogP contribution in [0.5, 0.6) is 0 Å². The van der Waals surface area contributed by atoms with Gasteiger partial charge in [-0.3, -0.25) is 0 Å². The average molecular weight is 236 g/mol. The monoisotopic (exact) mass is 236 g/mol. The molecule has 0 amide bonds. The van der Waals surface area contributed by atoms with Crippen molar-refractivity contribution in [3.8, 4) is 0 Å². The third-order valence-corrected chi connectivity index (χ3v) is 5.19. The van der Waals surface area contributed by atoms with Crippen molar-refractivity contribution in [1.29, 1.82) is 0 Å². The van der Waals surface area contributed by atoms with E-state index >= 15 is 0 Å². The minimum Gasteiger partial charge on any atom is -0.314 e. The molecule has 0 aromatic carbocycles. The predicted octanol–water partition coefficient (Wildman–Crippen LogP) is 2.50. The number of nitrogens with one attached hydrogen (secondary N) is 1. The molecule has 1 saturated heterocycles. The summed E-state index contributed by atoms with van der Waals surface area (Å²) < 4.78 is 0. The molecular formula is C15H28N2. The Morgan fingerprint density at radius 3 is 2.65 bits per heavy atom. The van der Waals surface area contributed by atoms with E-state index in [4.69, 9.17) is 0 Å². The Kier molecular flexibility index (Phi) is 3.72. The Balaban J connectivity index is 1.39. The molecule has 1 N–H and O–H groups in total. The van der Waals surface area contributed by atoms with Gasteiger partial charge in [0.05, 0.1) is 0 Å². The number of rotatable bonds is 4. The highest BCUT2D eigenvalue weighted by atomic mass is 15.1. The van der Waals surface area contributed by atoms with E-state index in [1.165, 1.54) is 64.6 Å². The highest BCUT2D eigenvalue weighted by Crippen LogP contribution is 2.43. The Hall–Kier alpha value is -0.0800. The van der Waals surface area contributed by atoms with Gasteiger partial charge in [-0.15, -0.1) is 0 Å². The van der Waals surface area contributed by atoms with Gasteiger partial charge < -0.3 is 10.2 Å². The van der Waals surface area contributed by atoms with Crippen molar-refractivity contribution in [2.45, 2.75) is 51.0 Å². The molecule has 98 valence electrons. The first-order chi connectivity index (χ1) is 8.31. The summed E-state index contributed by atoms with van der Waals surface area (Å²) in [5, 5.41) is 3.87. The fraction of sp³-hybridized carbons (Fsp3) is 1.00. The van der Waals surface area contributed by atoms with Gasteiger partial charge in [-0.25, -0.2) is 0 Å². The maximum atomic E-state index is 3.87. The highest BCUT2D eigenvalue weighted by molar-refractivity contribution is 4.88. The first kappa shape index (κ1) is 12.0. The van der Waals surface area contributed by atoms with Crippen LogP contribution in [-0.4, -0.2) is 37.6 Å². The van der Waals surface area contributed by atoms with E-state index in [0.29, 0.717) is 0 Å². The number of nitrogens with zero attached hydrogens (tertiary/aromatic N) is 1. The zero-order valence-corrected chi connectivity index (χ0v) is 11.3. The normalized spacial score (nSPS) is 39.7. The maximum Gasteiger partial charge on any atom is 0.00699 e. The van der Waals surface area contributed by atoms with Gasteiger partial charge in [-0.1, -0.05) is 12.8 Å². The van der Waals surface area contributed by atoms with Crippen LogP contribution in [0.2, 0.25) is 0 Å². The van der Waals surface area contributed by atoms with Gasteiger partial charge in [0.2, 0.25) is 0 Å². The lowest BCUT2D eigenvalue weighted by Crippen LogP contribution is -2.38. The van der Waals surface area contributed by atoms with E-state index in [9.17, 15) is 0 Å². The van der Waals surface area contributed by atoms with Crippen molar-refractivity contribution in [1.82, 2.24) is 10.2 Å². The summed E-state index contributed by atoms with van der Waals surface area (Å²) in [6.07, 6.45) is 10.4. The van der Waals surface area contributed by atoms with E-state index in [2.05, 4.69) is 17.3 Å². The number of hydrogen-bond donors (Lipinski definition) is 1. The molecule has 0 aromatic rings. The molecule has 1 aliphatic heterocycles. The largest absolute Gasteiger partial charge is 0.314 e. The fourth-order valence-electron chi connectivity index (χ4n) is 3.94. The molecule has 17 heavy (non-hydrogen) atoms. The van der Waals surface area contributed by atoms with Gasteiger partial charge in [0.15, 0.2) is 0 Å². The van der Waals surface area contributed by atoms with E-state index in [-0.39, 0.29) is 0 Å². The van der Waals surface area contributed by atoms with Crippen LogP contribution in [-0.2, 0) is 0 Å². The topological polar surface area (TPSA) is 15.3 Å². The second-order valence-electron chi connectivity index (χ2n) is 6.79. The second kappa shape index (κ2) is 5.27. The van der Waals surface area contributed by atoms with Gasteiger partial charge in [-0.05, 0) is 70.0 Å². The van der Waals surface area contributed by atoms with Crippen LogP contribution in [0.1, 0.15) is 44.9 Å². The van der Waals surface area contributed by atoms with Gasteiger partial charge in [-0.2, -0.15) is 0 Å². The first-order valence-corrected chi connectivity index (χ1v) is 7.73. The van der Waals surface area contributed by atoms with Gasteiger partial charge in [0.1, 0.15) is 0 Å². The minimum absolute atomic E-state index is 0.847. The summed E-state index contributed by atoms with van der Waals surface area (Å²) in [6, 6.07) is 0.847. The Morgan fingerprint density at radius 2 is 1.94 bits per heavy atom. The average Bonchev–Trinajstić information content (AvgIpc) is 3.11. The molecule has 3 aliphatic rings. The Morgan fingerprint density at radius 1 is 1.06 bits per heavy atom. The summed E-state index contributed by atoms with van der Waals surface area (Å²) in [4.78, 5) is 2.47. The molecular weight excluding hydrogens is 208 g/mol. The van der Waals surface area contributed by atoms with Crippen LogP contribution in [0, 0.1) is 17.8 Å². The predicted molar refractivity (Wildman–Crippen MR) is 72.1 cm³/mol. The molecule has 0 aromatic heterocycles. The minimum atomic E-state index is 0.847. The SMILES string of the molecule is CN1CCC(CNC2CCCC(C3CC3)C2)C1. The van der Waals surface area contributed by atoms with Crippen LogP contribution in [0.25, 0.3) is 0 Å². The summed E-state index contributed by atoms with van der Waals surface area (Å²) >= 11 is 0.